The number of benzene rings is 1. The highest BCUT2D eigenvalue weighted by Gasteiger charge is 2.44. The summed E-state index contributed by atoms with van der Waals surface area (Å²) < 4.78 is 5.20. The highest BCUT2D eigenvalue weighted by molar-refractivity contribution is 5.39. The van der Waals surface area contributed by atoms with Gasteiger partial charge in [0.15, 0.2) is 0 Å². The van der Waals surface area contributed by atoms with Crippen LogP contribution in [0.2, 0.25) is 0 Å². The van der Waals surface area contributed by atoms with Gasteiger partial charge in [0.05, 0.1) is 0 Å². The number of aryl methyl sites for hydroxylation is 2. The average molecular weight is 403 g/mol. The third kappa shape index (κ3) is 9.69. The molecule has 0 aromatic heterocycles. The van der Waals surface area contributed by atoms with E-state index in [1.807, 2.05) is 6.07 Å². The summed E-state index contributed by atoms with van der Waals surface area (Å²) in [7, 11) is 0. The molecule has 2 rings (SSSR count). The van der Waals surface area contributed by atoms with Crippen molar-refractivity contribution in [3.8, 4) is 5.75 Å². The zero-order chi connectivity index (χ0) is 21.2. The smallest absolute Gasteiger partial charge is 0.293 e. The Kier molecular flexibility index (Phi) is 9.52. The fraction of sp³-hybridized carbons (Fsp3) is 0.731. The standard InChI is InChI=1S/C26H42O3/c1-25(2,3)16-10-6-4-8-12-22-14-15-24(28)23(20-22)13-9-5-7-11-17-26(18-19-26)29-21-27/h14-15,20-21,28H,4-13,16-19H2,1-3H3. The summed E-state index contributed by atoms with van der Waals surface area (Å²) in [5.74, 6) is 0.440. The molecule has 1 N–H and O–H groups in total. The molecule has 1 fully saturated rings. The van der Waals surface area contributed by atoms with E-state index in [1.165, 1.54) is 44.1 Å². The number of carbonyl (C=O) groups is 1. The Labute approximate surface area is 178 Å². The number of hydrogen-bond donors (Lipinski definition) is 1. The van der Waals surface area contributed by atoms with Crippen molar-refractivity contribution in [2.24, 2.45) is 5.41 Å². The number of rotatable bonds is 15. The number of aromatic hydroxyl groups is 1. The van der Waals surface area contributed by atoms with Crippen molar-refractivity contribution in [3.63, 3.8) is 0 Å². The van der Waals surface area contributed by atoms with Crippen molar-refractivity contribution < 1.29 is 14.6 Å². The largest absolute Gasteiger partial charge is 0.508 e. The van der Waals surface area contributed by atoms with Crippen LogP contribution in [-0.4, -0.2) is 17.2 Å². The molecule has 0 radical (unpaired) electrons. The first-order chi connectivity index (χ1) is 13.8. The van der Waals surface area contributed by atoms with E-state index < -0.39 is 0 Å². The Morgan fingerprint density at radius 1 is 0.966 bits per heavy atom. The SMILES string of the molecule is CC(C)(C)CCCCCCc1ccc(O)c(CCCCCCC2(OC=O)CC2)c1. The van der Waals surface area contributed by atoms with Gasteiger partial charge in [-0.2, -0.15) is 0 Å². The second-order valence-corrected chi connectivity index (χ2v) is 10.2. The Balaban J connectivity index is 1.59. The molecule has 0 atom stereocenters. The van der Waals surface area contributed by atoms with Gasteiger partial charge in [0.2, 0.25) is 0 Å². The number of phenols is 1. The molecule has 3 heteroatoms. The second-order valence-electron chi connectivity index (χ2n) is 10.2. The Morgan fingerprint density at radius 2 is 1.62 bits per heavy atom. The van der Waals surface area contributed by atoms with Crippen LogP contribution < -0.4 is 0 Å². The van der Waals surface area contributed by atoms with Crippen LogP contribution in [0, 0.1) is 5.41 Å². The van der Waals surface area contributed by atoms with Crippen LogP contribution in [0.4, 0.5) is 0 Å². The molecule has 1 aromatic rings. The summed E-state index contributed by atoms with van der Waals surface area (Å²) in [6.45, 7) is 7.55. The predicted octanol–water partition coefficient (Wildman–Crippen LogP) is 7.13. The van der Waals surface area contributed by atoms with E-state index in [4.69, 9.17) is 4.74 Å². The molecular formula is C26H42O3. The lowest BCUT2D eigenvalue weighted by Crippen LogP contribution is -2.12. The molecule has 0 amide bonds. The summed E-state index contributed by atoms with van der Waals surface area (Å²) >= 11 is 0. The van der Waals surface area contributed by atoms with Crippen molar-refractivity contribution in [2.75, 3.05) is 0 Å². The van der Waals surface area contributed by atoms with Crippen LogP contribution in [-0.2, 0) is 22.4 Å². The topological polar surface area (TPSA) is 46.5 Å². The van der Waals surface area contributed by atoms with Crippen molar-refractivity contribution in [2.45, 2.75) is 116 Å². The number of ether oxygens (including phenoxy) is 1. The van der Waals surface area contributed by atoms with Gasteiger partial charge in [0.25, 0.3) is 6.47 Å². The maximum Gasteiger partial charge on any atom is 0.293 e. The molecule has 0 aliphatic heterocycles. The van der Waals surface area contributed by atoms with Crippen LogP contribution >= 0.6 is 0 Å². The van der Waals surface area contributed by atoms with Crippen LogP contribution in [0.1, 0.15) is 109 Å². The van der Waals surface area contributed by atoms with Gasteiger partial charge in [-0.15, -0.1) is 0 Å². The van der Waals surface area contributed by atoms with Crippen molar-refractivity contribution in [1.82, 2.24) is 0 Å². The van der Waals surface area contributed by atoms with Gasteiger partial charge < -0.3 is 9.84 Å². The van der Waals surface area contributed by atoms with Crippen molar-refractivity contribution in [3.05, 3.63) is 29.3 Å². The first-order valence-corrected chi connectivity index (χ1v) is 11.8. The van der Waals surface area contributed by atoms with E-state index in [0.29, 0.717) is 17.6 Å². The highest BCUT2D eigenvalue weighted by Crippen LogP contribution is 2.43. The number of carbonyl (C=O) groups excluding carboxylic acids is 1. The number of unbranched alkanes of at least 4 members (excludes halogenated alkanes) is 6. The first kappa shape index (κ1) is 23.8. The summed E-state index contributed by atoms with van der Waals surface area (Å²) in [5, 5.41) is 10.2. The monoisotopic (exact) mass is 402 g/mol. The molecule has 0 saturated heterocycles. The second kappa shape index (κ2) is 11.6. The fourth-order valence-electron chi connectivity index (χ4n) is 4.12. The summed E-state index contributed by atoms with van der Waals surface area (Å²) in [5.41, 5.74) is 2.80. The van der Waals surface area contributed by atoms with Gasteiger partial charge >= 0.3 is 0 Å². The highest BCUT2D eigenvalue weighted by atomic mass is 16.5. The minimum Gasteiger partial charge on any atom is -0.508 e. The van der Waals surface area contributed by atoms with E-state index in [1.54, 1.807) is 0 Å². The third-order valence-electron chi connectivity index (χ3n) is 6.22. The molecule has 1 saturated carbocycles. The lowest BCUT2D eigenvalue weighted by atomic mass is 9.89. The Hall–Kier alpha value is -1.51. The first-order valence-electron chi connectivity index (χ1n) is 11.8. The molecule has 0 unspecified atom stereocenters. The molecule has 0 heterocycles. The molecule has 29 heavy (non-hydrogen) atoms. The van der Waals surface area contributed by atoms with E-state index in [0.717, 1.165) is 56.9 Å². The average Bonchev–Trinajstić information content (AvgIpc) is 3.42. The van der Waals surface area contributed by atoms with Crippen molar-refractivity contribution in [1.29, 1.82) is 0 Å². The van der Waals surface area contributed by atoms with Gasteiger partial charge in [-0.1, -0.05) is 65.0 Å². The van der Waals surface area contributed by atoms with Crippen LogP contribution in [0.5, 0.6) is 5.75 Å². The van der Waals surface area contributed by atoms with E-state index in [2.05, 4.69) is 32.9 Å². The maximum atomic E-state index is 10.5. The zero-order valence-electron chi connectivity index (χ0n) is 19.0. The quantitative estimate of drug-likeness (QED) is 0.251. The molecule has 3 nitrogen and oxygen atoms in total. The number of phenolic OH excluding ortho intramolecular Hbond substituents is 1. The molecule has 1 aliphatic carbocycles. The predicted molar refractivity (Wildman–Crippen MR) is 120 cm³/mol. The van der Waals surface area contributed by atoms with E-state index in [9.17, 15) is 9.90 Å². The minimum absolute atomic E-state index is 0.110. The Bertz CT molecular complexity index is 611. The molecule has 0 bridgehead atoms. The third-order valence-corrected chi connectivity index (χ3v) is 6.22. The molecular weight excluding hydrogens is 360 g/mol. The van der Waals surface area contributed by atoms with Gasteiger partial charge in [-0.05, 0) is 80.4 Å². The summed E-state index contributed by atoms with van der Waals surface area (Å²) in [6, 6.07) is 6.16. The minimum atomic E-state index is -0.110. The molecule has 1 aromatic carbocycles. The molecule has 1 aliphatic rings. The van der Waals surface area contributed by atoms with Crippen LogP contribution in [0.3, 0.4) is 0 Å². The lowest BCUT2D eigenvalue weighted by molar-refractivity contribution is -0.135. The summed E-state index contributed by atoms with van der Waals surface area (Å²) in [4.78, 5) is 10.5. The lowest BCUT2D eigenvalue weighted by Gasteiger charge is -2.17. The van der Waals surface area contributed by atoms with Gasteiger partial charge in [-0.25, -0.2) is 0 Å². The Morgan fingerprint density at radius 3 is 2.28 bits per heavy atom. The van der Waals surface area contributed by atoms with Crippen molar-refractivity contribution >= 4 is 6.47 Å². The van der Waals surface area contributed by atoms with Gasteiger partial charge in [0.1, 0.15) is 11.4 Å². The normalized spacial score (nSPS) is 15.3. The summed E-state index contributed by atoms with van der Waals surface area (Å²) in [6.07, 6.45) is 16.2. The molecule has 0 spiro atoms. The molecule has 164 valence electrons. The maximum absolute atomic E-state index is 10.5. The zero-order valence-corrected chi connectivity index (χ0v) is 19.0. The van der Waals surface area contributed by atoms with E-state index in [-0.39, 0.29) is 5.60 Å². The van der Waals surface area contributed by atoms with Gasteiger partial charge in [-0.3, -0.25) is 4.79 Å². The van der Waals surface area contributed by atoms with Crippen LogP contribution in [0.15, 0.2) is 18.2 Å². The van der Waals surface area contributed by atoms with Crippen LogP contribution in [0.25, 0.3) is 0 Å². The van der Waals surface area contributed by atoms with E-state index >= 15 is 0 Å². The van der Waals surface area contributed by atoms with Gasteiger partial charge in [0, 0.05) is 0 Å². The fourth-order valence-corrected chi connectivity index (χ4v) is 4.12. The number of hydrogen-bond acceptors (Lipinski definition) is 3.